The van der Waals surface area contributed by atoms with E-state index in [2.05, 4.69) is 15.0 Å². The molecule has 2 rings (SSSR count). The number of nitrogens with two attached hydrogens (primary N) is 1. The standard InChI is InChI=1S/C12H13N3O2/c1-17-11(16)7-15-10-5-4-9(13)12-8(10)3-2-6-14-12/h2-6,15H,7,13H2,1H3. The van der Waals surface area contributed by atoms with Crippen LogP contribution >= 0.6 is 0 Å². The number of nitrogen functional groups attached to an aromatic ring is 1. The Balaban J connectivity index is 2.35. The number of nitrogens with zero attached hydrogens (tertiary/aromatic N) is 1. The van der Waals surface area contributed by atoms with E-state index in [0.29, 0.717) is 5.69 Å². The number of pyridine rings is 1. The van der Waals surface area contributed by atoms with Crippen LogP contribution in [0.1, 0.15) is 0 Å². The second-order valence-electron chi connectivity index (χ2n) is 3.53. The van der Waals surface area contributed by atoms with Crippen LogP contribution in [0, 0.1) is 0 Å². The number of nitrogens with one attached hydrogen (secondary N) is 1. The maximum atomic E-state index is 11.1. The molecule has 0 spiro atoms. The van der Waals surface area contributed by atoms with Gasteiger partial charge >= 0.3 is 5.97 Å². The van der Waals surface area contributed by atoms with Crippen molar-refractivity contribution < 1.29 is 9.53 Å². The lowest BCUT2D eigenvalue weighted by Crippen LogP contribution is -2.15. The van der Waals surface area contributed by atoms with Crippen molar-refractivity contribution in [2.45, 2.75) is 0 Å². The molecule has 1 heterocycles. The molecule has 17 heavy (non-hydrogen) atoms. The lowest BCUT2D eigenvalue weighted by atomic mass is 10.1. The summed E-state index contributed by atoms with van der Waals surface area (Å²) in [6, 6.07) is 7.31. The number of hydrogen-bond acceptors (Lipinski definition) is 5. The van der Waals surface area contributed by atoms with Crippen molar-refractivity contribution in [1.29, 1.82) is 0 Å². The van der Waals surface area contributed by atoms with E-state index < -0.39 is 0 Å². The van der Waals surface area contributed by atoms with Crippen LogP contribution < -0.4 is 11.1 Å². The Kier molecular flexibility index (Phi) is 3.09. The van der Waals surface area contributed by atoms with E-state index in [1.54, 1.807) is 12.3 Å². The second-order valence-corrected chi connectivity index (χ2v) is 3.53. The Morgan fingerprint density at radius 1 is 1.47 bits per heavy atom. The highest BCUT2D eigenvalue weighted by Gasteiger charge is 2.06. The number of rotatable bonds is 3. The van der Waals surface area contributed by atoms with Crippen LogP contribution in [0.2, 0.25) is 0 Å². The Hall–Kier alpha value is -2.30. The third-order valence-electron chi connectivity index (χ3n) is 2.45. The number of benzene rings is 1. The van der Waals surface area contributed by atoms with E-state index >= 15 is 0 Å². The SMILES string of the molecule is COC(=O)CNc1ccc(N)c2ncccc12. The largest absolute Gasteiger partial charge is 0.468 e. The smallest absolute Gasteiger partial charge is 0.325 e. The lowest BCUT2D eigenvalue weighted by Gasteiger charge is -2.09. The molecular formula is C12H13N3O2. The zero-order valence-corrected chi connectivity index (χ0v) is 9.43. The first-order valence-corrected chi connectivity index (χ1v) is 5.16. The fourth-order valence-electron chi connectivity index (χ4n) is 1.59. The molecule has 0 fully saturated rings. The van der Waals surface area contributed by atoms with E-state index in [1.807, 2.05) is 18.2 Å². The molecule has 2 aromatic rings. The third-order valence-corrected chi connectivity index (χ3v) is 2.45. The highest BCUT2D eigenvalue weighted by Crippen LogP contribution is 2.26. The number of carbonyl (C=O) groups is 1. The van der Waals surface area contributed by atoms with Crippen LogP contribution in [-0.2, 0) is 9.53 Å². The molecule has 0 radical (unpaired) electrons. The van der Waals surface area contributed by atoms with Gasteiger partial charge in [0.1, 0.15) is 6.54 Å². The minimum absolute atomic E-state index is 0.115. The summed E-state index contributed by atoms with van der Waals surface area (Å²) >= 11 is 0. The summed E-state index contributed by atoms with van der Waals surface area (Å²) in [4.78, 5) is 15.3. The monoisotopic (exact) mass is 231 g/mol. The first kappa shape index (κ1) is 11.2. The van der Waals surface area contributed by atoms with Crippen molar-refractivity contribution in [3.05, 3.63) is 30.5 Å². The Labute approximate surface area is 98.6 Å². The summed E-state index contributed by atoms with van der Waals surface area (Å²) in [5.74, 6) is -0.320. The predicted octanol–water partition coefficient (Wildman–Crippen LogP) is 1.40. The topological polar surface area (TPSA) is 77.2 Å². The van der Waals surface area contributed by atoms with Crippen LogP contribution in [0.4, 0.5) is 11.4 Å². The third kappa shape index (κ3) is 2.28. The molecule has 5 nitrogen and oxygen atoms in total. The van der Waals surface area contributed by atoms with E-state index in [9.17, 15) is 4.79 Å². The number of ether oxygens (including phenoxy) is 1. The maximum Gasteiger partial charge on any atom is 0.325 e. The number of esters is 1. The van der Waals surface area contributed by atoms with Gasteiger partial charge in [-0.25, -0.2) is 0 Å². The summed E-state index contributed by atoms with van der Waals surface area (Å²) in [6.45, 7) is 0.115. The van der Waals surface area contributed by atoms with Crippen molar-refractivity contribution in [1.82, 2.24) is 4.98 Å². The van der Waals surface area contributed by atoms with Gasteiger partial charge in [-0.15, -0.1) is 0 Å². The van der Waals surface area contributed by atoms with E-state index in [0.717, 1.165) is 16.6 Å². The van der Waals surface area contributed by atoms with Gasteiger partial charge in [-0.3, -0.25) is 9.78 Å². The molecular weight excluding hydrogens is 218 g/mol. The van der Waals surface area contributed by atoms with Gasteiger partial charge in [0.15, 0.2) is 0 Å². The second kappa shape index (κ2) is 4.69. The van der Waals surface area contributed by atoms with Gasteiger partial charge in [-0.1, -0.05) is 0 Å². The summed E-state index contributed by atoms with van der Waals surface area (Å²) < 4.78 is 4.57. The zero-order valence-electron chi connectivity index (χ0n) is 9.43. The molecule has 0 saturated carbocycles. The van der Waals surface area contributed by atoms with Crippen molar-refractivity contribution in [3.8, 4) is 0 Å². The molecule has 0 saturated heterocycles. The van der Waals surface area contributed by atoms with Crippen LogP contribution in [-0.4, -0.2) is 24.6 Å². The minimum Gasteiger partial charge on any atom is -0.468 e. The Morgan fingerprint density at radius 2 is 2.29 bits per heavy atom. The number of aromatic nitrogens is 1. The number of carbonyl (C=O) groups excluding carboxylic acids is 1. The molecule has 5 heteroatoms. The number of anilines is 2. The highest BCUT2D eigenvalue weighted by molar-refractivity contribution is 5.98. The Morgan fingerprint density at radius 3 is 3.06 bits per heavy atom. The first-order valence-electron chi connectivity index (χ1n) is 5.16. The predicted molar refractivity (Wildman–Crippen MR) is 66.7 cm³/mol. The number of fused-ring (bicyclic) bond motifs is 1. The molecule has 0 aliphatic carbocycles. The average Bonchev–Trinajstić information content (AvgIpc) is 2.38. The summed E-state index contributed by atoms with van der Waals surface area (Å²) in [5.41, 5.74) is 7.98. The summed E-state index contributed by atoms with van der Waals surface area (Å²) in [6.07, 6.45) is 1.68. The van der Waals surface area contributed by atoms with Crippen molar-refractivity contribution >= 4 is 28.2 Å². The van der Waals surface area contributed by atoms with Gasteiger partial charge in [0.2, 0.25) is 0 Å². The van der Waals surface area contributed by atoms with Gasteiger partial charge in [0.05, 0.1) is 18.3 Å². The van der Waals surface area contributed by atoms with Crippen molar-refractivity contribution in [2.24, 2.45) is 0 Å². The van der Waals surface area contributed by atoms with Gasteiger partial charge < -0.3 is 15.8 Å². The molecule has 0 aliphatic heterocycles. The average molecular weight is 231 g/mol. The van der Waals surface area contributed by atoms with Crippen LogP contribution in [0.25, 0.3) is 10.9 Å². The number of methoxy groups -OCH3 is 1. The van der Waals surface area contributed by atoms with E-state index in [4.69, 9.17) is 5.73 Å². The minimum atomic E-state index is -0.320. The molecule has 88 valence electrons. The lowest BCUT2D eigenvalue weighted by molar-refractivity contribution is -0.138. The van der Waals surface area contributed by atoms with Crippen LogP contribution in [0.5, 0.6) is 0 Å². The summed E-state index contributed by atoms with van der Waals surface area (Å²) in [7, 11) is 1.35. The fourth-order valence-corrected chi connectivity index (χ4v) is 1.59. The molecule has 0 atom stereocenters. The molecule has 1 aromatic carbocycles. The van der Waals surface area contributed by atoms with Gasteiger partial charge in [0.25, 0.3) is 0 Å². The molecule has 1 aromatic heterocycles. The molecule has 0 amide bonds. The number of hydrogen-bond donors (Lipinski definition) is 2. The molecule has 3 N–H and O–H groups in total. The Bertz CT molecular complexity index is 554. The van der Waals surface area contributed by atoms with Crippen LogP contribution in [0.3, 0.4) is 0 Å². The van der Waals surface area contributed by atoms with E-state index in [1.165, 1.54) is 7.11 Å². The van der Waals surface area contributed by atoms with Crippen LogP contribution in [0.15, 0.2) is 30.5 Å². The quantitative estimate of drug-likeness (QED) is 0.616. The van der Waals surface area contributed by atoms with Gasteiger partial charge in [-0.2, -0.15) is 0 Å². The normalized spacial score (nSPS) is 10.2. The molecule has 0 bridgehead atoms. The van der Waals surface area contributed by atoms with Gasteiger partial charge in [-0.05, 0) is 24.3 Å². The summed E-state index contributed by atoms with van der Waals surface area (Å²) in [5, 5.41) is 3.88. The highest BCUT2D eigenvalue weighted by atomic mass is 16.5. The van der Waals surface area contributed by atoms with Gasteiger partial charge in [0, 0.05) is 17.3 Å². The zero-order chi connectivity index (χ0) is 12.3. The van der Waals surface area contributed by atoms with E-state index in [-0.39, 0.29) is 12.5 Å². The van der Waals surface area contributed by atoms with Crippen molar-refractivity contribution in [2.75, 3.05) is 24.7 Å². The fraction of sp³-hybridized carbons (Fsp3) is 0.167. The molecule has 0 unspecified atom stereocenters. The van der Waals surface area contributed by atoms with Crippen molar-refractivity contribution in [3.63, 3.8) is 0 Å². The molecule has 0 aliphatic rings. The maximum absolute atomic E-state index is 11.1. The first-order chi connectivity index (χ1) is 8.22.